The van der Waals surface area contributed by atoms with Gasteiger partial charge >= 0.3 is 5.69 Å². The molecule has 0 aromatic carbocycles. The van der Waals surface area contributed by atoms with Crippen molar-refractivity contribution in [1.82, 2.24) is 25.0 Å². The van der Waals surface area contributed by atoms with Crippen LogP contribution in [0.15, 0.2) is 9.79 Å². The molecule has 0 atom stereocenters. The molecule has 1 aromatic rings. The van der Waals surface area contributed by atoms with Gasteiger partial charge in [-0.05, 0) is 26.2 Å². The van der Waals surface area contributed by atoms with Crippen LogP contribution < -0.4 is 16.3 Å². The van der Waals surface area contributed by atoms with E-state index in [0.29, 0.717) is 19.7 Å². The highest BCUT2D eigenvalue weighted by Crippen LogP contribution is 2.09. The number of aliphatic imine (C=N–C) groups is 1. The second-order valence-electron chi connectivity index (χ2n) is 5.56. The number of halogens is 1. The summed E-state index contributed by atoms with van der Waals surface area (Å²) in [6, 6.07) is 0. The van der Waals surface area contributed by atoms with E-state index in [4.69, 9.17) is 4.74 Å². The summed E-state index contributed by atoms with van der Waals surface area (Å²) in [6.07, 6.45) is 3.90. The Morgan fingerprint density at radius 3 is 2.92 bits per heavy atom. The predicted octanol–water partition coefficient (Wildman–Crippen LogP) is 0.591. The summed E-state index contributed by atoms with van der Waals surface area (Å²) in [7, 11) is 1.67. The normalized spacial score (nSPS) is 14.0. The fraction of sp³-hybridized carbons (Fsp3) is 0.800. The quantitative estimate of drug-likeness (QED) is 0.261. The molecule has 2 rings (SSSR count). The summed E-state index contributed by atoms with van der Waals surface area (Å²) < 4.78 is 8.41. The summed E-state index contributed by atoms with van der Waals surface area (Å²) in [4.78, 5) is 16.7. The van der Waals surface area contributed by atoms with Gasteiger partial charge in [0, 0.05) is 46.3 Å². The molecule has 0 spiro atoms. The number of fused-ring (bicyclic) bond motifs is 1. The van der Waals surface area contributed by atoms with Crippen molar-refractivity contribution in [3.8, 4) is 0 Å². The van der Waals surface area contributed by atoms with Crippen molar-refractivity contribution in [2.45, 2.75) is 45.7 Å². The van der Waals surface area contributed by atoms with Gasteiger partial charge in [0.25, 0.3) is 0 Å². The Hall–Kier alpha value is -1.10. The van der Waals surface area contributed by atoms with Crippen LogP contribution in [0.5, 0.6) is 0 Å². The fourth-order valence-corrected chi connectivity index (χ4v) is 2.62. The standard InChI is InChI=1S/C15H28N6O2.HI/c1-3-16-14(18-9-12-23-2)17-8-6-11-21-15(22)20-10-5-4-7-13(20)19-21;/h3-12H2,1-2H3,(H2,16,17,18);1H. The first-order valence-corrected chi connectivity index (χ1v) is 8.44. The minimum Gasteiger partial charge on any atom is -0.383 e. The topological polar surface area (TPSA) is 85.5 Å². The molecule has 0 saturated heterocycles. The zero-order valence-electron chi connectivity index (χ0n) is 14.6. The smallest absolute Gasteiger partial charge is 0.345 e. The van der Waals surface area contributed by atoms with Gasteiger partial charge in [0.15, 0.2) is 5.96 Å². The molecule has 1 aliphatic heterocycles. The van der Waals surface area contributed by atoms with E-state index in [-0.39, 0.29) is 29.7 Å². The van der Waals surface area contributed by atoms with E-state index in [2.05, 4.69) is 20.7 Å². The molecule has 9 heteroatoms. The zero-order chi connectivity index (χ0) is 16.5. The van der Waals surface area contributed by atoms with Crippen LogP contribution in [0.3, 0.4) is 0 Å². The minimum atomic E-state index is 0. The lowest BCUT2D eigenvalue weighted by Crippen LogP contribution is -2.39. The number of hydrogen-bond acceptors (Lipinski definition) is 4. The minimum absolute atomic E-state index is 0. The van der Waals surface area contributed by atoms with Gasteiger partial charge in [-0.15, -0.1) is 24.0 Å². The van der Waals surface area contributed by atoms with Crippen LogP contribution in [-0.4, -0.2) is 53.7 Å². The summed E-state index contributed by atoms with van der Waals surface area (Å²) in [5.74, 6) is 1.71. The number of nitrogens with one attached hydrogen (secondary N) is 2. The molecular weight excluding hydrogens is 423 g/mol. The van der Waals surface area contributed by atoms with E-state index in [9.17, 15) is 4.79 Å². The maximum Gasteiger partial charge on any atom is 0.345 e. The summed E-state index contributed by atoms with van der Waals surface area (Å²) in [5.41, 5.74) is 0.0220. The number of guanidine groups is 1. The summed E-state index contributed by atoms with van der Waals surface area (Å²) >= 11 is 0. The van der Waals surface area contributed by atoms with Crippen LogP contribution in [0.4, 0.5) is 0 Å². The number of nitrogens with zero attached hydrogens (tertiary/aromatic N) is 4. The Labute approximate surface area is 160 Å². The van der Waals surface area contributed by atoms with Crippen LogP contribution in [0.1, 0.15) is 32.0 Å². The van der Waals surface area contributed by atoms with E-state index in [1.54, 1.807) is 11.8 Å². The molecule has 1 aromatic heterocycles. The molecular formula is C15H29IN6O2. The fourth-order valence-electron chi connectivity index (χ4n) is 2.62. The van der Waals surface area contributed by atoms with Gasteiger partial charge in [-0.1, -0.05) is 0 Å². The average molecular weight is 452 g/mol. The van der Waals surface area contributed by atoms with E-state index in [1.807, 2.05) is 11.5 Å². The molecule has 138 valence electrons. The number of ether oxygens (including phenoxy) is 1. The van der Waals surface area contributed by atoms with Crippen molar-refractivity contribution in [3.05, 3.63) is 16.3 Å². The Morgan fingerprint density at radius 2 is 2.21 bits per heavy atom. The monoisotopic (exact) mass is 452 g/mol. The first-order chi connectivity index (χ1) is 11.3. The maximum atomic E-state index is 12.2. The van der Waals surface area contributed by atoms with Crippen molar-refractivity contribution in [1.29, 1.82) is 0 Å². The predicted molar refractivity (Wildman–Crippen MR) is 105 cm³/mol. The number of aryl methyl sites for hydroxylation is 2. The first-order valence-electron chi connectivity index (χ1n) is 8.44. The molecule has 1 aliphatic rings. The molecule has 2 heterocycles. The molecule has 2 N–H and O–H groups in total. The Morgan fingerprint density at radius 1 is 1.38 bits per heavy atom. The van der Waals surface area contributed by atoms with Crippen molar-refractivity contribution < 1.29 is 4.74 Å². The van der Waals surface area contributed by atoms with Gasteiger partial charge in [0.1, 0.15) is 5.82 Å². The highest BCUT2D eigenvalue weighted by molar-refractivity contribution is 14.0. The van der Waals surface area contributed by atoms with Crippen molar-refractivity contribution in [3.63, 3.8) is 0 Å². The second-order valence-corrected chi connectivity index (χ2v) is 5.56. The Balaban J connectivity index is 0.00000288. The third kappa shape index (κ3) is 6.08. The number of rotatable bonds is 8. The van der Waals surface area contributed by atoms with Crippen LogP contribution in [-0.2, 0) is 24.2 Å². The molecule has 0 unspecified atom stereocenters. The maximum absolute atomic E-state index is 12.2. The highest BCUT2D eigenvalue weighted by Gasteiger charge is 2.15. The van der Waals surface area contributed by atoms with Crippen LogP contribution in [0.25, 0.3) is 0 Å². The molecule has 8 nitrogen and oxygen atoms in total. The average Bonchev–Trinajstić information content (AvgIpc) is 2.88. The van der Waals surface area contributed by atoms with E-state index in [1.165, 1.54) is 0 Å². The van der Waals surface area contributed by atoms with Crippen LogP contribution >= 0.6 is 24.0 Å². The Kier molecular flexibility index (Phi) is 9.99. The van der Waals surface area contributed by atoms with Gasteiger partial charge in [-0.2, -0.15) is 5.10 Å². The number of methoxy groups -OCH3 is 1. The SMILES string of the molecule is CCNC(=NCCCn1nc2n(c1=O)CCCC2)NCCOC.I. The van der Waals surface area contributed by atoms with Gasteiger partial charge in [-0.25, -0.2) is 9.48 Å². The molecule has 0 fully saturated rings. The van der Waals surface area contributed by atoms with Gasteiger partial charge < -0.3 is 15.4 Å². The number of aromatic nitrogens is 3. The van der Waals surface area contributed by atoms with Crippen molar-refractivity contribution >= 4 is 29.9 Å². The first kappa shape index (κ1) is 20.9. The second kappa shape index (κ2) is 11.5. The van der Waals surface area contributed by atoms with Gasteiger partial charge in [0.2, 0.25) is 0 Å². The molecule has 0 amide bonds. The van der Waals surface area contributed by atoms with Crippen LogP contribution in [0.2, 0.25) is 0 Å². The summed E-state index contributed by atoms with van der Waals surface area (Å²) in [5, 5.41) is 10.8. The Bertz CT molecular complexity index is 569. The van der Waals surface area contributed by atoms with Crippen LogP contribution in [0, 0.1) is 0 Å². The molecule has 0 aliphatic carbocycles. The third-order valence-electron chi connectivity index (χ3n) is 3.77. The zero-order valence-corrected chi connectivity index (χ0v) is 16.9. The summed E-state index contributed by atoms with van der Waals surface area (Å²) in [6.45, 7) is 6.27. The highest BCUT2D eigenvalue weighted by atomic mass is 127. The van der Waals surface area contributed by atoms with Crippen molar-refractivity contribution in [2.75, 3.05) is 33.4 Å². The molecule has 0 bridgehead atoms. The van der Waals surface area contributed by atoms with E-state index >= 15 is 0 Å². The van der Waals surface area contributed by atoms with Crippen molar-refractivity contribution in [2.24, 2.45) is 4.99 Å². The number of hydrogen-bond donors (Lipinski definition) is 2. The molecule has 0 radical (unpaired) electrons. The van der Waals surface area contributed by atoms with Gasteiger partial charge in [-0.3, -0.25) is 9.56 Å². The third-order valence-corrected chi connectivity index (χ3v) is 3.77. The molecule has 0 saturated carbocycles. The van der Waals surface area contributed by atoms with Gasteiger partial charge in [0.05, 0.1) is 6.61 Å². The lowest BCUT2D eigenvalue weighted by Gasteiger charge is -2.10. The van der Waals surface area contributed by atoms with E-state index in [0.717, 1.165) is 57.1 Å². The molecule has 24 heavy (non-hydrogen) atoms. The largest absolute Gasteiger partial charge is 0.383 e. The van der Waals surface area contributed by atoms with E-state index < -0.39 is 0 Å². The lowest BCUT2D eigenvalue weighted by molar-refractivity contribution is 0.203. The lowest BCUT2D eigenvalue weighted by atomic mass is 10.2.